The van der Waals surface area contributed by atoms with Gasteiger partial charge in [0.15, 0.2) is 0 Å². The molecule has 3 aromatic rings. The quantitative estimate of drug-likeness (QED) is 0.288. The molecular weight excluding hydrogens is 522 g/mol. The number of anilines is 3. The molecule has 2 N–H and O–H groups in total. The van der Waals surface area contributed by atoms with Crippen molar-refractivity contribution in [3.63, 3.8) is 0 Å². The lowest BCUT2D eigenvalue weighted by molar-refractivity contribution is -0.111. The lowest BCUT2D eigenvalue weighted by atomic mass is 9.90. The number of pyridine rings is 2. The summed E-state index contributed by atoms with van der Waals surface area (Å²) in [6, 6.07) is 12.6. The second-order valence-corrected chi connectivity index (χ2v) is 11.9. The molecule has 7 nitrogen and oxygen atoms in total. The Labute approximate surface area is 249 Å². The molecule has 0 atom stereocenters. The van der Waals surface area contributed by atoms with Crippen LogP contribution in [0, 0.1) is 5.92 Å². The first-order valence-corrected chi connectivity index (χ1v) is 15.8. The summed E-state index contributed by atoms with van der Waals surface area (Å²) in [4.78, 5) is 25.5. The topological polar surface area (TPSA) is 79.4 Å². The van der Waals surface area contributed by atoms with Crippen molar-refractivity contribution in [3.8, 4) is 11.1 Å². The van der Waals surface area contributed by atoms with Gasteiger partial charge in [-0.25, -0.2) is 0 Å². The number of piperidine rings is 1. The van der Waals surface area contributed by atoms with E-state index in [-0.39, 0.29) is 5.91 Å². The van der Waals surface area contributed by atoms with Crippen LogP contribution in [-0.2, 0) is 16.0 Å². The Balaban J connectivity index is 1.17. The average Bonchev–Trinajstić information content (AvgIpc) is 3.05. The van der Waals surface area contributed by atoms with Gasteiger partial charge in [-0.1, -0.05) is 13.0 Å². The SMILES string of the molecule is CCC1=C(C(=O)Nc2ccc(CCCC3CCOCC3)nc2)c2cc(-c3cncc(N4CCCCC4)c3)ccc2NC1. The number of nitrogens with one attached hydrogen (secondary N) is 2. The van der Waals surface area contributed by atoms with Gasteiger partial charge in [0, 0.05) is 67.1 Å². The zero-order chi connectivity index (χ0) is 28.7. The molecule has 220 valence electrons. The molecule has 0 spiro atoms. The van der Waals surface area contributed by atoms with E-state index >= 15 is 0 Å². The zero-order valence-electron chi connectivity index (χ0n) is 24.8. The minimum Gasteiger partial charge on any atom is -0.381 e. The molecule has 2 saturated heterocycles. The number of hydrogen-bond acceptors (Lipinski definition) is 6. The van der Waals surface area contributed by atoms with Gasteiger partial charge in [0.25, 0.3) is 5.91 Å². The number of benzene rings is 1. The van der Waals surface area contributed by atoms with E-state index in [1.54, 1.807) is 6.20 Å². The van der Waals surface area contributed by atoms with Gasteiger partial charge >= 0.3 is 0 Å². The first kappa shape index (κ1) is 28.4. The van der Waals surface area contributed by atoms with Gasteiger partial charge in [0.1, 0.15) is 0 Å². The fourth-order valence-corrected chi connectivity index (χ4v) is 6.51. The number of aryl methyl sites for hydroxylation is 1. The summed E-state index contributed by atoms with van der Waals surface area (Å²) in [7, 11) is 0. The summed E-state index contributed by atoms with van der Waals surface area (Å²) in [6.45, 7) is 6.75. The summed E-state index contributed by atoms with van der Waals surface area (Å²) >= 11 is 0. The highest BCUT2D eigenvalue weighted by molar-refractivity contribution is 6.28. The Morgan fingerprint density at radius 2 is 1.88 bits per heavy atom. The van der Waals surface area contributed by atoms with E-state index in [4.69, 9.17) is 4.74 Å². The van der Waals surface area contributed by atoms with Gasteiger partial charge in [0.05, 0.1) is 23.8 Å². The van der Waals surface area contributed by atoms with Gasteiger partial charge < -0.3 is 20.3 Å². The van der Waals surface area contributed by atoms with E-state index < -0.39 is 0 Å². The van der Waals surface area contributed by atoms with Gasteiger partial charge in [-0.05, 0) is 105 Å². The summed E-state index contributed by atoms with van der Waals surface area (Å²) in [5.41, 5.74) is 8.90. The lowest BCUT2D eigenvalue weighted by Gasteiger charge is -2.29. The fourth-order valence-electron chi connectivity index (χ4n) is 6.51. The molecule has 0 aliphatic carbocycles. The van der Waals surface area contributed by atoms with E-state index in [1.807, 2.05) is 24.5 Å². The van der Waals surface area contributed by atoms with Gasteiger partial charge in [-0.15, -0.1) is 0 Å². The number of ether oxygens (including phenoxy) is 1. The maximum atomic E-state index is 13.8. The molecule has 7 heteroatoms. The van der Waals surface area contributed by atoms with Crippen LogP contribution in [0.25, 0.3) is 16.7 Å². The second kappa shape index (κ2) is 13.5. The van der Waals surface area contributed by atoms with E-state index in [1.165, 1.54) is 44.2 Å². The first-order valence-electron chi connectivity index (χ1n) is 15.8. The summed E-state index contributed by atoms with van der Waals surface area (Å²) in [5, 5.41) is 6.67. The lowest BCUT2D eigenvalue weighted by Crippen LogP contribution is -2.29. The van der Waals surface area contributed by atoms with Crippen molar-refractivity contribution in [2.45, 2.75) is 64.7 Å². The number of hydrogen-bond donors (Lipinski definition) is 2. The number of nitrogens with zero attached hydrogens (tertiary/aromatic N) is 3. The number of carbonyl (C=O) groups excluding carboxylic acids is 1. The van der Waals surface area contributed by atoms with Crippen molar-refractivity contribution in [2.24, 2.45) is 5.92 Å². The van der Waals surface area contributed by atoms with Crippen LogP contribution >= 0.6 is 0 Å². The summed E-state index contributed by atoms with van der Waals surface area (Å²) < 4.78 is 5.48. The van der Waals surface area contributed by atoms with Gasteiger partial charge in [0.2, 0.25) is 0 Å². The third kappa shape index (κ3) is 6.67. The first-order chi connectivity index (χ1) is 20.7. The molecule has 2 fully saturated rings. The fraction of sp³-hybridized carbons (Fsp3) is 0.457. The molecule has 3 aliphatic rings. The largest absolute Gasteiger partial charge is 0.381 e. The zero-order valence-corrected chi connectivity index (χ0v) is 24.8. The standard InChI is InChI=1S/C35H43N5O2/c1-2-26-22-38-33-12-9-27(28-19-31(24-36-21-28)40-15-4-3-5-16-40)20-32(33)34(26)35(41)39-30-11-10-29(37-23-30)8-6-7-25-13-17-42-18-14-25/h9-12,19-21,23-25,38H,2-8,13-18,22H2,1H3,(H,39,41). The van der Waals surface area contributed by atoms with Gasteiger partial charge in [-0.2, -0.15) is 0 Å². The Hall–Kier alpha value is -3.71. The molecule has 1 amide bonds. The van der Waals surface area contributed by atoms with Crippen LogP contribution in [-0.4, -0.2) is 48.7 Å². The molecule has 0 radical (unpaired) electrons. The molecule has 6 rings (SSSR count). The highest BCUT2D eigenvalue weighted by Crippen LogP contribution is 2.37. The van der Waals surface area contributed by atoms with Crippen molar-refractivity contribution >= 4 is 28.5 Å². The van der Waals surface area contributed by atoms with Crippen molar-refractivity contribution < 1.29 is 9.53 Å². The van der Waals surface area contributed by atoms with Crippen molar-refractivity contribution in [2.75, 3.05) is 48.4 Å². The minimum atomic E-state index is -0.0824. The molecule has 0 unspecified atom stereocenters. The number of fused-ring (bicyclic) bond motifs is 1. The molecule has 2 aromatic heterocycles. The number of carbonyl (C=O) groups is 1. The Bertz CT molecular complexity index is 1410. The summed E-state index contributed by atoms with van der Waals surface area (Å²) in [5.74, 6) is 0.697. The van der Waals surface area contributed by atoms with Gasteiger partial charge in [-0.3, -0.25) is 14.8 Å². The Morgan fingerprint density at radius 3 is 2.67 bits per heavy atom. The van der Waals surface area contributed by atoms with Crippen molar-refractivity contribution in [3.05, 3.63) is 71.8 Å². The van der Waals surface area contributed by atoms with Crippen LogP contribution in [0.2, 0.25) is 0 Å². The van der Waals surface area contributed by atoms with Crippen LogP contribution in [0.3, 0.4) is 0 Å². The van der Waals surface area contributed by atoms with Crippen LogP contribution in [0.15, 0.2) is 60.6 Å². The van der Waals surface area contributed by atoms with Crippen LogP contribution in [0.5, 0.6) is 0 Å². The molecule has 0 bridgehead atoms. The minimum absolute atomic E-state index is 0.0824. The smallest absolute Gasteiger partial charge is 0.256 e. The molecule has 1 aromatic carbocycles. The number of aromatic nitrogens is 2. The molecular formula is C35H43N5O2. The van der Waals surface area contributed by atoms with Crippen molar-refractivity contribution in [1.29, 1.82) is 0 Å². The van der Waals surface area contributed by atoms with E-state index in [0.717, 1.165) is 96.4 Å². The number of rotatable bonds is 9. The van der Waals surface area contributed by atoms with Crippen LogP contribution in [0.1, 0.15) is 69.5 Å². The normalized spacial score (nSPS) is 17.5. The average molecular weight is 566 g/mol. The maximum absolute atomic E-state index is 13.8. The highest BCUT2D eigenvalue weighted by atomic mass is 16.5. The third-order valence-electron chi connectivity index (χ3n) is 9.04. The Kier molecular flexibility index (Phi) is 9.14. The molecule has 3 aliphatic heterocycles. The second-order valence-electron chi connectivity index (χ2n) is 11.9. The third-order valence-corrected chi connectivity index (χ3v) is 9.04. The monoisotopic (exact) mass is 565 g/mol. The predicted molar refractivity (Wildman–Crippen MR) is 171 cm³/mol. The van der Waals surface area contributed by atoms with Crippen LogP contribution in [0.4, 0.5) is 17.1 Å². The highest BCUT2D eigenvalue weighted by Gasteiger charge is 2.25. The predicted octanol–water partition coefficient (Wildman–Crippen LogP) is 7.11. The van der Waals surface area contributed by atoms with E-state index in [2.05, 4.69) is 56.7 Å². The number of amides is 1. The van der Waals surface area contributed by atoms with E-state index in [0.29, 0.717) is 6.54 Å². The Morgan fingerprint density at radius 1 is 1.02 bits per heavy atom. The molecule has 0 saturated carbocycles. The maximum Gasteiger partial charge on any atom is 0.256 e. The van der Waals surface area contributed by atoms with E-state index in [9.17, 15) is 4.79 Å². The van der Waals surface area contributed by atoms with Crippen molar-refractivity contribution in [1.82, 2.24) is 9.97 Å². The molecule has 42 heavy (non-hydrogen) atoms. The summed E-state index contributed by atoms with van der Waals surface area (Å²) in [6.07, 6.45) is 15.9. The van der Waals surface area contributed by atoms with Crippen LogP contribution < -0.4 is 15.5 Å². The molecule has 5 heterocycles.